The van der Waals surface area contributed by atoms with E-state index in [0.29, 0.717) is 0 Å². The summed E-state index contributed by atoms with van der Waals surface area (Å²) in [5, 5.41) is 0. The number of rotatable bonds is 3. The summed E-state index contributed by atoms with van der Waals surface area (Å²) >= 11 is 0. The van der Waals surface area contributed by atoms with Crippen LogP contribution >= 0.6 is 0 Å². The van der Waals surface area contributed by atoms with Crippen molar-refractivity contribution in [3.05, 3.63) is 23.8 Å². The van der Waals surface area contributed by atoms with Gasteiger partial charge in [-0.25, -0.2) is 0 Å². The average Bonchev–Trinajstić information content (AvgIpc) is 1.87. The van der Waals surface area contributed by atoms with Crippen molar-refractivity contribution in [2.24, 2.45) is 5.92 Å². The topological polar surface area (TPSA) is 0 Å². The van der Waals surface area contributed by atoms with Crippen LogP contribution in [0.25, 0.3) is 0 Å². The molecule has 0 fully saturated rings. The zero-order valence-electron chi connectivity index (χ0n) is 7.52. The maximum Gasteiger partial charge on any atom is -0.0324 e. The van der Waals surface area contributed by atoms with E-state index in [1.807, 2.05) is 0 Å². The number of allylic oxidation sites excluding steroid dienone is 4. The Morgan fingerprint density at radius 1 is 1.40 bits per heavy atom. The Kier molecular flexibility index (Phi) is 5.00. The lowest BCUT2D eigenvalue weighted by molar-refractivity contribution is 0.663. The van der Waals surface area contributed by atoms with Gasteiger partial charge in [0.1, 0.15) is 0 Å². The molecule has 0 aromatic rings. The minimum absolute atomic E-state index is 0.779. The lowest BCUT2D eigenvalue weighted by Gasteiger charge is -1.96. The highest BCUT2D eigenvalue weighted by molar-refractivity contribution is 5.14. The quantitative estimate of drug-likeness (QED) is 0.523. The van der Waals surface area contributed by atoms with Crippen molar-refractivity contribution in [2.45, 2.75) is 34.1 Å². The van der Waals surface area contributed by atoms with Gasteiger partial charge < -0.3 is 0 Å². The number of hydrogen-bond acceptors (Lipinski definition) is 0. The van der Waals surface area contributed by atoms with Crippen molar-refractivity contribution >= 4 is 0 Å². The third-order valence-electron chi connectivity index (χ3n) is 1.44. The van der Waals surface area contributed by atoms with Gasteiger partial charge in [-0.05, 0) is 26.2 Å². The molecule has 0 unspecified atom stereocenters. The van der Waals surface area contributed by atoms with E-state index in [1.165, 1.54) is 12.0 Å². The van der Waals surface area contributed by atoms with Crippen LogP contribution in [0, 0.1) is 5.92 Å². The first-order valence-electron chi connectivity index (χ1n) is 3.96. The van der Waals surface area contributed by atoms with Crippen molar-refractivity contribution in [3.8, 4) is 0 Å². The number of hydrogen-bond donors (Lipinski definition) is 0. The summed E-state index contributed by atoms with van der Waals surface area (Å²) in [5.74, 6) is 0.779. The Bertz CT molecular complexity index is 127. The Labute approximate surface area is 64.6 Å². The van der Waals surface area contributed by atoms with Crippen molar-refractivity contribution < 1.29 is 0 Å². The molecule has 0 amide bonds. The van der Waals surface area contributed by atoms with E-state index in [0.717, 1.165) is 5.92 Å². The fraction of sp³-hybridized carbons (Fsp3) is 0.600. The largest absolute Gasteiger partial charge is 0.0847 e. The molecule has 0 atom stereocenters. The minimum Gasteiger partial charge on any atom is -0.0847 e. The summed E-state index contributed by atoms with van der Waals surface area (Å²) in [6.45, 7) is 8.65. The third-order valence-corrected chi connectivity index (χ3v) is 1.44. The first-order valence-corrected chi connectivity index (χ1v) is 3.96. The highest BCUT2D eigenvalue weighted by Crippen LogP contribution is 2.02. The first-order chi connectivity index (χ1) is 4.66. The van der Waals surface area contributed by atoms with E-state index in [-0.39, 0.29) is 0 Å². The Balaban J connectivity index is 3.56. The molecule has 0 saturated heterocycles. The van der Waals surface area contributed by atoms with E-state index in [4.69, 9.17) is 0 Å². The van der Waals surface area contributed by atoms with Gasteiger partial charge in [0.25, 0.3) is 0 Å². The predicted molar refractivity (Wildman–Crippen MR) is 48.0 cm³/mol. The molecule has 0 aliphatic rings. The van der Waals surface area contributed by atoms with Gasteiger partial charge in [0, 0.05) is 0 Å². The minimum atomic E-state index is 0.779. The summed E-state index contributed by atoms with van der Waals surface area (Å²) in [4.78, 5) is 0. The molecule has 10 heavy (non-hydrogen) atoms. The Morgan fingerprint density at radius 3 is 2.40 bits per heavy atom. The van der Waals surface area contributed by atoms with Gasteiger partial charge in [0.15, 0.2) is 0 Å². The van der Waals surface area contributed by atoms with Crippen molar-refractivity contribution in [2.75, 3.05) is 0 Å². The second kappa shape index (κ2) is 5.28. The normalized spacial score (nSPS) is 13.5. The molecule has 0 N–H and O–H groups in total. The van der Waals surface area contributed by atoms with Crippen molar-refractivity contribution in [3.63, 3.8) is 0 Å². The lowest BCUT2D eigenvalue weighted by Crippen LogP contribution is -1.81. The van der Waals surface area contributed by atoms with E-state index < -0.39 is 0 Å². The zero-order chi connectivity index (χ0) is 7.98. The van der Waals surface area contributed by atoms with Gasteiger partial charge in [-0.15, -0.1) is 0 Å². The van der Waals surface area contributed by atoms with E-state index >= 15 is 0 Å². The second-order valence-electron chi connectivity index (χ2n) is 3.06. The monoisotopic (exact) mass is 138 g/mol. The molecule has 0 radical (unpaired) electrons. The first kappa shape index (κ1) is 9.48. The molecule has 0 spiro atoms. The summed E-state index contributed by atoms with van der Waals surface area (Å²) in [7, 11) is 0. The van der Waals surface area contributed by atoms with Crippen LogP contribution in [0.2, 0.25) is 0 Å². The van der Waals surface area contributed by atoms with Gasteiger partial charge in [-0.2, -0.15) is 0 Å². The van der Waals surface area contributed by atoms with Gasteiger partial charge in [0.2, 0.25) is 0 Å². The lowest BCUT2D eigenvalue weighted by atomic mass is 10.1. The van der Waals surface area contributed by atoms with E-state index in [9.17, 15) is 0 Å². The molecule has 0 bridgehead atoms. The standard InChI is InChI=1S/C10H18/c1-5-10(4)8-6-7-9(2)3/h5-6,8-9H,7H2,1-4H3/b8-6?,10-5-. The summed E-state index contributed by atoms with van der Waals surface area (Å²) in [5.41, 5.74) is 1.35. The summed E-state index contributed by atoms with van der Waals surface area (Å²) in [6, 6.07) is 0. The van der Waals surface area contributed by atoms with Crippen LogP contribution in [0.4, 0.5) is 0 Å². The van der Waals surface area contributed by atoms with E-state index in [1.54, 1.807) is 0 Å². The van der Waals surface area contributed by atoms with Crippen molar-refractivity contribution in [1.82, 2.24) is 0 Å². The maximum absolute atomic E-state index is 2.24. The fourth-order valence-corrected chi connectivity index (χ4v) is 0.622. The van der Waals surface area contributed by atoms with Gasteiger partial charge >= 0.3 is 0 Å². The van der Waals surface area contributed by atoms with Crippen LogP contribution < -0.4 is 0 Å². The van der Waals surface area contributed by atoms with Gasteiger partial charge in [-0.3, -0.25) is 0 Å². The second-order valence-corrected chi connectivity index (χ2v) is 3.06. The molecular formula is C10H18. The molecule has 0 nitrogen and oxygen atoms in total. The zero-order valence-corrected chi connectivity index (χ0v) is 7.52. The molecule has 0 heteroatoms. The highest BCUT2D eigenvalue weighted by Gasteiger charge is 1.86. The average molecular weight is 138 g/mol. The van der Waals surface area contributed by atoms with Crippen LogP contribution in [0.1, 0.15) is 34.1 Å². The molecule has 0 heterocycles. The van der Waals surface area contributed by atoms with Crippen LogP contribution in [0.5, 0.6) is 0 Å². The van der Waals surface area contributed by atoms with Crippen LogP contribution in [-0.2, 0) is 0 Å². The van der Waals surface area contributed by atoms with E-state index in [2.05, 4.69) is 45.9 Å². The third kappa shape index (κ3) is 5.61. The van der Waals surface area contributed by atoms with Crippen LogP contribution in [0.15, 0.2) is 23.8 Å². The summed E-state index contributed by atoms with van der Waals surface area (Å²) < 4.78 is 0. The van der Waals surface area contributed by atoms with Gasteiger partial charge in [-0.1, -0.05) is 37.6 Å². The smallest absolute Gasteiger partial charge is 0.0324 e. The molecule has 0 rings (SSSR count). The SMILES string of the molecule is C/C=C(/C)C=CCC(C)C. The maximum atomic E-state index is 2.24. The van der Waals surface area contributed by atoms with Crippen molar-refractivity contribution in [1.29, 1.82) is 0 Å². The van der Waals surface area contributed by atoms with Crippen LogP contribution in [-0.4, -0.2) is 0 Å². The Hall–Kier alpha value is -0.520. The molecule has 0 saturated carbocycles. The molecule has 58 valence electrons. The fourth-order valence-electron chi connectivity index (χ4n) is 0.622. The molecule has 0 aliphatic carbocycles. The predicted octanol–water partition coefficient (Wildman–Crippen LogP) is 3.55. The molecular weight excluding hydrogens is 120 g/mol. The Morgan fingerprint density at radius 2 is 2.00 bits per heavy atom. The van der Waals surface area contributed by atoms with Gasteiger partial charge in [0.05, 0.1) is 0 Å². The molecule has 0 aromatic carbocycles. The molecule has 0 aliphatic heterocycles. The summed E-state index contributed by atoms with van der Waals surface area (Å²) in [6.07, 6.45) is 7.72. The van der Waals surface area contributed by atoms with Crippen LogP contribution in [0.3, 0.4) is 0 Å². The highest BCUT2D eigenvalue weighted by atomic mass is 13.9. The molecule has 0 aromatic heterocycles.